The Hall–Kier alpha value is 0.480. The zero-order valence-corrected chi connectivity index (χ0v) is 15.3. The summed E-state index contributed by atoms with van der Waals surface area (Å²) in [6, 6.07) is 0. The summed E-state index contributed by atoms with van der Waals surface area (Å²) in [5.41, 5.74) is 0. The minimum absolute atomic E-state index is 1.02. The van der Waals surface area contributed by atoms with Crippen molar-refractivity contribution in [2.24, 2.45) is 22.6 Å². The molecule has 0 aromatic rings. The highest BCUT2D eigenvalue weighted by molar-refractivity contribution is 7.78. The summed E-state index contributed by atoms with van der Waals surface area (Å²) in [5, 5.41) is 0. The maximum atomic E-state index is 14.1. The molecule has 0 bridgehead atoms. The van der Waals surface area contributed by atoms with Gasteiger partial charge in [-0.05, 0) is 13.8 Å². The van der Waals surface area contributed by atoms with Crippen LogP contribution in [-0.4, -0.2) is 6.10 Å². The molecular formula is C3H7F9N5OP5. The Morgan fingerprint density at radius 3 is 1.22 bits per heavy atom. The quantitative estimate of drug-likeness (QED) is 0.302. The lowest BCUT2D eigenvalue weighted by Crippen LogP contribution is -1.96. The van der Waals surface area contributed by atoms with E-state index in [0.717, 1.165) is 13.8 Å². The summed E-state index contributed by atoms with van der Waals surface area (Å²) in [5.74, 6) is 0. The Morgan fingerprint density at radius 2 is 0.870 bits per heavy atom. The van der Waals surface area contributed by atoms with Gasteiger partial charge in [-0.15, -0.1) is 56.2 Å². The van der Waals surface area contributed by atoms with Crippen molar-refractivity contribution in [3.05, 3.63) is 0 Å². The highest BCUT2D eigenvalue weighted by atomic mass is 31.3. The lowest BCUT2D eigenvalue weighted by Gasteiger charge is -2.16. The lowest BCUT2D eigenvalue weighted by molar-refractivity contribution is 0.250. The molecule has 0 amide bonds. The molecule has 1 atom stereocenters. The second kappa shape index (κ2) is 6.65. The predicted octanol–water partition coefficient (Wildman–Crippen LogP) is 9.88. The average Bonchev–Trinajstić information content (AvgIpc) is 2.01. The smallest absolute Gasteiger partial charge is 0.300 e. The average molecular weight is 455 g/mol. The van der Waals surface area contributed by atoms with Gasteiger partial charge in [0.15, 0.2) is 0 Å². The van der Waals surface area contributed by atoms with Crippen LogP contribution in [0.1, 0.15) is 13.8 Å². The maximum Gasteiger partial charge on any atom is 0.425 e. The molecule has 0 fully saturated rings. The molecule has 1 rings (SSSR count). The molecule has 1 unspecified atom stereocenters. The number of hydrogen-bond acceptors (Lipinski definition) is 6. The summed E-state index contributed by atoms with van der Waals surface area (Å²) in [6.07, 6.45) is -1.32. The number of halogens is 9. The van der Waals surface area contributed by atoms with Gasteiger partial charge in [0.05, 0.1) is 6.10 Å². The molecule has 0 aromatic carbocycles. The Bertz CT molecular complexity index is 740. The van der Waals surface area contributed by atoms with E-state index in [0.29, 0.717) is 0 Å². The van der Waals surface area contributed by atoms with Crippen molar-refractivity contribution in [3.8, 4) is 0 Å². The van der Waals surface area contributed by atoms with Crippen LogP contribution < -0.4 is 0 Å². The van der Waals surface area contributed by atoms with Crippen molar-refractivity contribution in [1.29, 1.82) is 0 Å². The summed E-state index contributed by atoms with van der Waals surface area (Å²) in [7, 11) is -32.7. The second-order valence-electron chi connectivity index (χ2n) is 3.90. The van der Waals surface area contributed by atoms with E-state index in [1.165, 1.54) is 13.5 Å². The van der Waals surface area contributed by atoms with Crippen molar-refractivity contribution in [2.45, 2.75) is 20.0 Å². The highest BCUT2D eigenvalue weighted by Crippen LogP contribution is 2.82. The molecule has 0 spiro atoms. The molecule has 0 aromatic heterocycles. The Balaban J connectivity index is 3.96. The number of hydrogen-bond donors (Lipinski definition) is 0. The molecule has 0 saturated heterocycles. The van der Waals surface area contributed by atoms with Crippen molar-refractivity contribution >= 4 is 39.0 Å². The van der Waals surface area contributed by atoms with E-state index in [9.17, 15) is 37.8 Å². The first-order valence-electron chi connectivity index (χ1n) is 5.09. The van der Waals surface area contributed by atoms with E-state index in [1.807, 2.05) is 9.03 Å². The van der Waals surface area contributed by atoms with Crippen LogP contribution in [0.5, 0.6) is 0 Å². The molecule has 23 heavy (non-hydrogen) atoms. The van der Waals surface area contributed by atoms with Crippen molar-refractivity contribution < 1.29 is 42.3 Å². The highest BCUT2D eigenvalue weighted by Gasteiger charge is 2.40. The van der Waals surface area contributed by atoms with Gasteiger partial charge in [0.2, 0.25) is 0 Å². The molecule has 0 aliphatic carbocycles. The maximum absolute atomic E-state index is 14.1. The fraction of sp³-hybridized carbons (Fsp3) is 1.00. The van der Waals surface area contributed by atoms with E-state index < -0.39 is 45.2 Å². The molecule has 0 N–H and O–H groups in total. The molecule has 138 valence electrons. The predicted molar refractivity (Wildman–Crippen MR) is 72.9 cm³/mol. The number of rotatable bonds is 2. The van der Waals surface area contributed by atoms with Gasteiger partial charge in [-0.25, -0.2) is 0 Å². The van der Waals surface area contributed by atoms with Gasteiger partial charge in [-0.1, -0.05) is 0 Å². The van der Waals surface area contributed by atoms with Gasteiger partial charge in [-0.3, -0.25) is 0 Å². The normalized spacial score (nSPS) is 31.7. The van der Waals surface area contributed by atoms with Crippen LogP contribution in [0.4, 0.5) is 37.8 Å². The van der Waals surface area contributed by atoms with Crippen molar-refractivity contribution in [1.82, 2.24) is 0 Å². The molecule has 1 aliphatic heterocycles. The summed E-state index contributed by atoms with van der Waals surface area (Å²) < 4.78 is 132. The van der Waals surface area contributed by atoms with Gasteiger partial charge in [0.25, 0.3) is 0 Å². The first kappa shape index (κ1) is 21.5. The van der Waals surface area contributed by atoms with Gasteiger partial charge in [-0.2, -0.15) is 4.20 Å². The zero-order chi connectivity index (χ0) is 18.3. The molecule has 0 radical (unpaired) electrons. The van der Waals surface area contributed by atoms with Crippen molar-refractivity contribution in [3.63, 3.8) is 0 Å². The standard InChI is InChI=1S/C3H7F9N5OP5/c1-3(2)18-23(12)16-21(8,9)14-19(4,5)13-20(6,7)15-22(10,11)17-23/h3H,1-2H3. The van der Waals surface area contributed by atoms with Crippen LogP contribution in [-0.2, 0) is 4.52 Å². The molecule has 6 nitrogen and oxygen atoms in total. The van der Waals surface area contributed by atoms with Crippen LogP contribution in [0.25, 0.3) is 0 Å². The van der Waals surface area contributed by atoms with E-state index in [1.54, 1.807) is 0 Å². The van der Waals surface area contributed by atoms with Gasteiger partial charge in [0, 0.05) is 0 Å². The topological polar surface area (TPSA) is 71.0 Å². The first-order valence-corrected chi connectivity index (χ1v) is 12.5. The third-order valence-corrected chi connectivity index (χ3v) is 10.8. The fourth-order valence-corrected chi connectivity index (χ4v) is 9.48. The van der Waals surface area contributed by atoms with Crippen LogP contribution in [0.3, 0.4) is 0 Å². The van der Waals surface area contributed by atoms with E-state index in [2.05, 4.69) is 4.52 Å². The van der Waals surface area contributed by atoms with E-state index in [-0.39, 0.29) is 0 Å². The van der Waals surface area contributed by atoms with E-state index >= 15 is 0 Å². The Morgan fingerprint density at radius 1 is 0.565 bits per heavy atom. The fourth-order valence-electron chi connectivity index (χ4n) is 1.05. The summed E-state index contributed by atoms with van der Waals surface area (Å²) >= 11 is 0. The van der Waals surface area contributed by atoms with Crippen LogP contribution in [0.2, 0.25) is 0 Å². The minimum Gasteiger partial charge on any atom is -0.300 e. The molecule has 0 saturated carbocycles. The SMILES string of the molecule is CC(C)OP1(F)=NP(F)(F)=NP(F)(F)=NP(F)(F)=NP(F)(F)=N1. The molecular weight excluding hydrogens is 448 g/mol. The van der Waals surface area contributed by atoms with Crippen LogP contribution >= 0.6 is 39.0 Å². The summed E-state index contributed by atoms with van der Waals surface area (Å²) in [6.45, 7) is 2.04. The van der Waals surface area contributed by atoms with Gasteiger partial charge in [0.1, 0.15) is 0 Å². The van der Waals surface area contributed by atoms with Crippen molar-refractivity contribution in [2.75, 3.05) is 0 Å². The minimum atomic E-state index is -6.75. The third kappa shape index (κ3) is 7.49. The zero-order valence-electron chi connectivity index (χ0n) is 10.9. The molecule has 1 aliphatic rings. The second-order valence-corrected chi connectivity index (χ2v) is 12.3. The van der Waals surface area contributed by atoms with Gasteiger partial charge < -0.3 is 4.52 Å². The lowest BCUT2D eigenvalue weighted by atomic mass is 10.5. The van der Waals surface area contributed by atoms with Crippen LogP contribution in [0, 0.1) is 0 Å². The Labute approximate surface area is 124 Å². The largest absolute Gasteiger partial charge is 0.425 e. The van der Waals surface area contributed by atoms with Crippen LogP contribution in [0.15, 0.2) is 22.6 Å². The Kier molecular flexibility index (Phi) is 6.23. The molecule has 1 heterocycles. The van der Waals surface area contributed by atoms with Gasteiger partial charge >= 0.3 is 39.0 Å². The van der Waals surface area contributed by atoms with E-state index in [4.69, 9.17) is 0 Å². The monoisotopic (exact) mass is 455 g/mol. The first-order chi connectivity index (χ1) is 9.95. The number of nitrogens with zero attached hydrogens (tertiary/aromatic N) is 5. The third-order valence-electron chi connectivity index (χ3n) is 1.43. The summed E-state index contributed by atoms with van der Waals surface area (Å²) in [4.78, 5) is 0. The molecule has 20 heteroatoms.